The standard InChI is InChI=1S/C14H8O2.C3H10N2/c15-13-9-5-1-2-6-10(9)14(16)12-8-4-3-7-11(12)13;1-2-3(4)5/h1-8H;3H,2,4-5H2,1H3. The van der Waals surface area contributed by atoms with Gasteiger partial charge in [0.05, 0.1) is 6.17 Å². The Kier molecular flexibility index (Phi) is 4.62. The van der Waals surface area contributed by atoms with E-state index in [9.17, 15) is 9.59 Å². The van der Waals surface area contributed by atoms with Gasteiger partial charge in [-0.25, -0.2) is 0 Å². The quantitative estimate of drug-likeness (QED) is 0.669. The maximum absolute atomic E-state index is 12.1. The molecule has 0 amide bonds. The molecule has 0 atom stereocenters. The average molecular weight is 282 g/mol. The summed E-state index contributed by atoms with van der Waals surface area (Å²) in [5.74, 6) is -0.128. The van der Waals surface area contributed by atoms with Crippen LogP contribution in [0.4, 0.5) is 0 Å². The van der Waals surface area contributed by atoms with Crippen LogP contribution in [0.15, 0.2) is 48.5 Å². The number of hydrogen-bond acceptors (Lipinski definition) is 4. The van der Waals surface area contributed by atoms with E-state index in [4.69, 9.17) is 11.5 Å². The molecule has 4 nitrogen and oxygen atoms in total. The fourth-order valence-electron chi connectivity index (χ4n) is 2.05. The van der Waals surface area contributed by atoms with E-state index in [0.717, 1.165) is 6.42 Å². The Morgan fingerprint density at radius 1 is 0.762 bits per heavy atom. The molecule has 1 aliphatic carbocycles. The molecule has 0 bridgehead atoms. The molecule has 0 fully saturated rings. The predicted octanol–water partition coefficient (Wildman–Crippen LogP) is 2.10. The molecule has 2 aromatic rings. The first-order chi connectivity index (χ1) is 10.1. The van der Waals surface area contributed by atoms with Crippen LogP contribution in [-0.2, 0) is 0 Å². The SMILES string of the molecule is CCC(N)N.O=C1c2ccccc2C(=O)c2ccccc21. The lowest BCUT2D eigenvalue weighted by Gasteiger charge is -2.16. The number of ketones is 2. The molecule has 1 aliphatic rings. The lowest BCUT2D eigenvalue weighted by atomic mass is 9.84. The Bertz CT molecular complexity index is 572. The Balaban J connectivity index is 0.000000282. The highest BCUT2D eigenvalue weighted by Gasteiger charge is 2.28. The van der Waals surface area contributed by atoms with Crippen molar-refractivity contribution in [3.05, 3.63) is 70.8 Å². The third kappa shape index (κ3) is 3.07. The monoisotopic (exact) mass is 282 g/mol. The molecule has 4 heteroatoms. The van der Waals surface area contributed by atoms with Crippen molar-refractivity contribution in [1.29, 1.82) is 0 Å². The second-order valence-corrected chi connectivity index (χ2v) is 4.82. The van der Waals surface area contributed by atoms with Crippen molar-refractivity contribution in [2.75, 3.05) is 0 Å². The minimum absolute atomic E-state index is 0.0641. The molecular formula is C17H18N2O2. The zero-order valence-corrected chi connectivity index (χ0v) is 11.9. The van der Waals surface area contributed by atoms with Crippen LogP contribution < -0.4 is 11.5 Å². The predicted molar refractivity (Wildman–Crippen MR) is 82.2 cm³/mol. The van der Waals surface area contributed by atoms with E-state index in [-0.39, 0.29) is 17.7 Å². The number of rotatable bonds is 1. The molecule has 4 N–H and O–H groups in total. The van der Waals surface area contributed by atoms with Gasteiger partial charge in [-0.1, -0.05) is 55.5 Å². The van der Waals surface area contributed by atoms with Gasteiger partial charge in [-0.15, -0.1) is 0 Å². The van der Waals surface area contributed by atoms with Gasteiger partial charge in [-0.2, -0.15) is 0 Å². The smallest absolute Gasteiger partial charge is 0.194 e. The maximum atomic E-state index is 12.1. The van der Waals surface area contributed by atoms with Crippen LogP contribution in [0.2, 0.25) is 0 Å². The summed E-state index contributed by atoms with van der Waals surface area (Å²) in [6.45, 7) is 1.95. The number of carbonyl (C=O) groups excluding carboxylic acids is 2. The first-order valence-electron chi connectivity index (χ1n) is 6.84. The van der Waals surface area contributed by atoms with Gasteiger partial charge in [-0.05, 0) is 6.42 Å². The average Bonchev–Trinajstić information content (AvgIpc) is 2.53. The second-order valence-electron chi connectivity index (χ2n) is 4.82. The highest BCUT2D eigenvalue weighted by molar-refractivity contribution is 6.28. The Labute approximate surface area is 123 Å². The normalized spacial score (nSPS) is 12.4. The zero-order chi connectivity index (χ0) is 15.4. The van der Waals surface area contributed by atoms with Crippen LogP contribution in [0.5, 0.6) is 0 Å². The molecule has 0 heterocycles. The summed E-state index contributed by atoms with van der Waals surface area (Å²) >= 11 is 0. The number of benzene rings is 2. The Morgan fingerprint density at radius 3 is 1.19 bits per heavy atom. The van der Waals surface area contributed by atoms with Crippen molar-refractivity contribution in [3.63, 3.8) is 0 Å². The van der Waals surface area contributed by atoms with E-state index in [2.05, 4.69) is 0 Å². The van der Waals surface area contributed by atoms with Crippen molar-refractivity contribution in [2.24, 2.45) is 11.5 Å². The van der Waals surface area contributed by atoms with Gasteiger partial charge in [0.25, 0.3) is 0 Å². The Morgan fingerprint density at radius 2 is 1.00 bits per heavy atom. The van der Waals surface area contributed by atoms with Gasteiger partial charge in [0, 0.05) is 22.3 Å². The van der Waals surface area contributed by atoms with E-state index in [1.165, 1.54) is 0 Å². The molecule has 0 aliphatic heterocycles. The zero-order valence-electron chi connectivity index (χ0n) is 11.9. The molecule has 0 radical (unpaired) electrons. The van der Waals surface area contributed by atoms with Crippen LogP contribution in [0.3, 0.4) is 0 Å². The van der Waals surface area contributed by atoms with Gasteiger partial charge in [0.2, 0.25) is 0 Å². The second kappa shape index (κ2) is 6.43. The van der Waals surface area contributed by atoms with Crippen molar-refractivity contribution in [2.45, 2.75) is 19.5 Å². The summed E-state index contributed by atoms with van der Waals surface area (Å²) in [7, 11) is 0. The third-order valence-electron chi connectivity index (χ3n) is 3.30. The van der Waals surface area contributed by atoms with Gasteiger partial charge < -0.3 is 11.5 Å². The molecule has 3 rings (SSSR count). The van der Waals surface area contributed by atoms with E-state index < -0.39 is 0 Å². The first-order valence-corrected chi connectivity index (χ1v) is 6.84. The summed E-state index contributed by atoms with van der Waals surface area (Å²) in [5, 5.41) is 0. The molecule has 0 aromatic heterocycles. The number of hydrogen-bond donors (Lipinski definition) is 2. The number of nitrogens with two attached hydrogens (primary N) is 2. The number of carbonyl (C=O) groups is 2. The van der Waals surface area contributed by atoms with Crippen molar-refractivity contribution in [1.82, 2.24) is 0 Å². The van der Waals surface area contributed by atoms with Crippen LogP contribution in [0.25, 0.3) is 0 Å². The fraction of sp³-hybridized carbons (Fsp3) is 0.176. The first kappa shape index (κ1) is 15.1. The molecule has 0 unspecified atom stereocenters. The van der Waals surface area contributed by atoms with Crippen molar-refractivity contribution in [3.8, 4) is 0 Å². The van der Waals surface area contributed by atoms with E-state index >= 15 is 0 Å². The van der Waals surface area contributed by atoms with Gasteiger partial charge >= 0.3 is 0 Å². The van der Waals surface area contributed by atoms with Crippen LogP contribution in [0, 0.1) is 0 Å². The third-order valence-corrected chi connectivity index (χ3v) is 3.30. The molecule has 2 aromatic carbocycles. The van der Waals surface area contributed by atoms with Crippen LogP contribution in [0.1, 0.15) is 45.2 Å². The van der Waals surface area contributed by atoms with Crippen LogP contribution in [-0.4, -0.2) is 17.7 Å². The van der Waals surface area contributed by atoms with Crippen molar-refractivity contribution < 1.29 is 9.59 Å². The molecule has 0 saturated heterocycles. The highest BCUT2D eigenvalue weighted by atomic mass is 16.1. The van der Waals surface area contributed by atoms with Gasteiger partial charge in [0.15, 0.2) is 11.6 Å². The molecule has 108 valence electrons. The summed E-state index contributed by atoms with van der Waals surface area (Å²) in [6.07, 6.45) is 0.745. The summed E-state index contributed by atoms with van der Waals surface area (Å²) < 4.78 is 0. The van der Waals surface area contributed by atoms with Gasteiger partial charge in [-0.3, -0.25) is 9.59 Å². The fourth-order valence-corrected chi connectivity index (χ4v) is 2.05. The van der Waals surface area contributed by atoms with Crippen LogP contribution >= 0.6 is 0 Å². The summed E-state index contributed by atoms with van der Waals surface area (Å²) in [6, 6.07) is 13.9. The summed E-state index contributed by atoms with van der Waals surface area (Å²) in [4.78, 5) is 24.2. The summed E-state index contributed by atoms with van der Waals surface area (Å²) in [5.41, 5.74) is 12.2. The Hall–Kier alpha value is -2.30. The maximum Gasteiger partial charge on any atom is 0.194 e. The molecule has 0 spiro atoms. The lowest BCUT2D eigenvalue weighted by molar-refractivity contribution is 0.0979. The highest BCUT2D eigenvalue weighted by Crippen LogP contribution is 2.26. The number of fused-ring (bicyclic) bond motifs is 2. The molecular weight excluding hydrogens is 264 g/mol. The minimum atomic E-state index is -0.116. The van der Waals surface area contributed by atoms with Crippen molar-refractivity contribution >= 4 is 11.6 Å². The van der Waals surface area contributed by atoms with E-state index in [1.54, 1.807) is 48.5 Å². The van der Waals surface area contributed by atoms with E-state index in [0.29, 0.717) is 22.3 Å². The molecule has 21 heavy (non-hydrogen) atoms. The molecule has 0 saturated carbocycles. The largest absolute Gasteiger partial charge is 0.316 e. The van der Waals surface area contributed by atoms with Gasteiger partial charge in [0.1, 0.15) is 0 Å². The topological polar surface area (TPSA) is 86.2 Å². The minimum Gasteiger partial charge on any atom is -0.316 e. The van der Waals surface area contributed by atoms with E-state index in [1.807, 2.05) is 6.92 Å². The lowest BCUT2D eigenvalue weighted by Crippen LogP contribution is -2.28.